The van der Waals surface area contributed by atoms with E-state index < -0.39 is 34.2 Å². The van der Waals surface area contributed by atoms with Crippen LogP contribution in [0.3, 0.4) is 0 Å². The number of nitro benzene ring substituents is 1. The Kier molecular flexibility index (Phi) is 5.39. The molecule has 0 heterocycles. The van der Waals surface area contributed by atoms with Crippen LogP contribution >= 0.6 is 0 Å². The van der Waals surface area contributed by atoms with E-state index in [0.717, 1.165) is 18.2 Å². The summed E-state index contributed by atoms with van der Waals surface area (Å²) in [6.07, 6.45) is 0. The highest BCUT2D eigenvalue weighted by Crippen LogP contribution is 2.28. The number of non-ortho nitro benzene ring substituents is 1. The first-order chi connectivity index (χ1) is 9.35. The van der Waals surface area contributed by atoms with Crippen LogP contribution in [-0.2, 0) is 10.0 Å². The minimum atomic E-state index is -4.09. The molecule has 0 atom stereocenters. The standard InChI is InChI=1S/C10H14N2O7S/c1-19-9-4-8(12(15)16)2-3-10(9)20(17,18)11-7(5-13)6-14/h2-4,7,11,13-14H,5-6H2,1H3. The normalized spacial score (nSPS) is 11.6. The molecule has 10 heteroatoms. The number of methoxy groups -OCH3 is 1. The lowest BCUT2D eigenvalue weighted by Crippen LogP contribution is -2.40. The predicted octanol–water partition coefficient (Wildman–Crippen LogP) is -0.765. The number of hydrogen-bond donors (Lipinski definition) is 3. The molecule has 0 saturated heterocycles. The number of ether oxygens (including phenoxy) is 1. The second-order valence-electron chi connectivity index (χ2n) is 3.78. The number of sulfonamides is 1. The summed E-state index contributed by atoms with van der Waals surface area (Å²) in [5.41, 5.74) is -0.318. The van der Waals surface area contributed by atoms with Crippen LogP contribution in [0, 0.1) is 10.1 Å². The van der Waals surface area contributed by atoms with Gasteiger partial charge in [-0.3, -0.25) is 10.1 Å². The number of nitro groups is 1. The smallest absolute Gasteiger partial charge is 0.273 e. The van der Waals surface area contributed by atoms with Crippen molar-refractivity contribution in [1.29, 1.82) is 0 Å². The van der Waals surface area contributed by atoms with Gasteiger partial charge in [-0.15, -0.1) is 0 Å². The fourth-order valence-electron chi connectivity index (χ4n) is 1.41. The second-order valence-corrected chi connectivity index (χ2v) is 5.46. The summed E-state index contributed by atoms with van der Waals surface area (Å²) in [4.78, 5) is 9.61. The zero-order valence-electron chi connectivity index (χ0n) is 10.5. The van der Waals surface area contributed by atoms with Gasteiger partial charge in [-0.1, -0.05) is 0 Å². The van der Waals surface area contributed by atoms with E-state index in [0.29, 0.717) is 0 Å². The van der Waals surface area contributed by atoms with Gasteiger partial charge in [0.1, 0.15) is 10.6 Å². The molecule has 20 heavy (non-hydrogen) atoms. The molecule has 1 aromatic carbocycles. The zero-order chi connectivity index (χ0) is 15.3. The Morgan fingerprint density at radius 1 is 1.40 bits per heavy atom. The Labute approximate surface area is 115 Å². The molecule has 0 saturated carbocycles. The van der Waals surface area contributed by atoms with E-state index in [1.54, 1.807) is 0 Å². The molecule has 0 spiro atoms. The second kappa shape index (κ2) is 6.61. The van der Waals surface area contributed by atoms with Crippen LogP contribution in [0.15, 0.2) is 23.1 Å². The minimum absolute atomic E-state index is 0.207. The molecule has 0 aliphatic carbocycles. The predicted molar refractivity (Wildman–Crippen MR) is 67.9 cm³/mol. The third-order valence-corrected chi connectivity index (χ3v) is 3.97. The van der Waals surface area contributed by atoms with E-state index in [1.165, 1.54) is 7.11 Å². The first kappa shape index (κ1) is 16.3. The number of nitrogens with zero attached hydrogens (tertiary/aromatic N) is 1. The first-order valence-electron chi connectivity index (χ1n) is 5.42. The third-order valence-electron chi connectivity index (χ3n) is 2.41. The molecular formula is C10H14N2O7S. The maximum Gasteiger partial charge on any atom is 0.273 e. The van der Waals surface area contributed by atoms with Gasteiger partial charge in [-0.25, -0.2) is 13.1 Å². The van der Waals surface area contributed by atoms with Crippen molar-refractivity contribution in [1.82, 2.24) is 4.72 Å². The summed E-state index contributed by atoms with van der Waals surface area (Å²) in [5, 5.41) is 28.4. The van der Waals surface area contributed by atoms with E-state index in [4.69, 9.17) is 14.9 Å². The van der Waals surface area contributed by atoms with Crippen molar-refractivity contribution in [2.45, 2.75) is 10.9 Å². The summed E-state index contributed by atoms with van der Waals surface area (Å²) in [6.45, 7) is -1.18. The lowest BCUT2D eigenvalue weighted by molar-refractivity contribution is -0.385. The molecule has 0 radical (unpaired) electrons. The maximum atomic E-state index is 12.0. The highest BCUT2D eigenvalue weighted by Gasteiger charge is 2.24. The number of benzene rings is 1. The van der Waals surface area contributed by atoms with Crippen LogP contribution < -0.4 is 9.46 Å². The molecule has 0 aliphatic heterocycles. The minimum Gasteiger partial charge on any atom is -0.495 e. The molecule has 0 aromatic heterocycles. The van der Waals surface area contributed by atoms with Gasteiger partial charge in [0.25, 0.3) is 5.69 Å². The van der Waals surface area contributed by atoms with E-state index in [1.807, 2.05) is 0 Å². The van der Waals surface area contributed by atoms with Crippen molar-refractivity contribution in [2.75, 3.05) is 20.3 Å². The van der Waals surface area contributed by atoms with Gasteiger partial charge in [0, 0.05) is 6.07 Å². The Morgan fingerprint density at radius 3 is 2.45 bits per heavy atom. The zero-order valence-corrected chi connectivity index (χ0v) is 11.3. The average molecular weight is 306 g/mol. The quantitative estimate of drug-likeness (QED) is 0.444. The lowest BCUT2D eigenvalue weighted by atomic mass is 10.3. The molecule has 0 bridgehead atoms. The average Bonchev–Trinajstić information content (AvgIpc) is 2.43. The van der Waals surface area contributed by atoms with Gasteiger partial charge in [-0.05, 0) is 6.07 Å². The Bertz CT molecular complexity index is 583. The molecule has 112 valence electrons. The largest absolute Gasteiger partial charge is 0.495 e. The SMILES string of the molecule is COc1cc([N+](=O)[O-])ccc1S(=O)(=O)NC(CO)CO. The molecule has 1 rings (SSSR count). The van der Waals surface area contributed by atoms with E-state index >= 15 is 0 Å². The van der Waals surface area contributed by atoms with Gasteiger partial charge in [-0.2, -0.15) is 0 Å². The Hall–Kier alpha value is -1.75. The fraction of sp³-hybridized carbons (Fsp3) is 0.400. The van der Waals surface area contributed by atoms with Crippen LogP contribution in [0.5, 0.6) is 5.75 Å². The number of aliphatic hydroxyl groups is 2. The van der Waals surface area contributed by atoms with Crippen LogP contribution in [-0.4, -0.2) is 49.9 Å². The van der Waals surface area contributed by atoms with Crippen LogP contribution in [0.25, 0.3) is 0 Å². The number of rotatable bonds is 7. The van der Waals surface area contributed by atoms with Crippen molar-refractivity contribution >= 4 is 15.7 Å². The van der Waals surface area contributed by atoms with Crippen LogP contribution in [0.1, 0.15) is 0 Å². The van der Waals surface area contributed by atoms with Crippen molar-refractivity contribution in [3.05, 3.63) is 28.3 Å². The monoisotopic (exact) mass is 306 g/mol. The van der Waals surface area contributed by atoms with Crippen LogP contribution in [0.4, 0.5) is 5.69 Å². The van der Waals surface area contributed by atoms with Gasteiger partial charge in [0.15, 0.2) is 0 Å². The van der Waals surface area contributed by atoms with Crippen molar-refractivity contribution in [3.8, 4) is 5.75 Å². The van der Waals surface area contributed by atoms with Gasteiger partial charge in [0.2, 0.25) is 10.0 Å². The summed E-state index contributed by atoms with van der Waals surface area (Å²) >= 11 is 0. The number of aliphatic hydroxyl groups excluding tert-OH is 2. The third kappa shape index (κ3) is 3.63. The fourth-order valence-corrected chi connectivity index (χ4v) is 2.78. The molecule has 1 aromatic rings. The van der Waals surface area contributed by atoms with Crippen LogP contribution in [0.2, 0.25) is 0 Å². The van der Waals surface area contributed by atoms with Gasteiger partial charge >= 0.3 is 0 Å². The highest BCUT2D eigenvalue weighted by atomic mass is 32.2. The molecule has 0 unspecified atom stereocenters. The van der Waals surface area contributed by atoms with Crippen molar-refractivity contribution < 1.29 is 28.3 Å². The molecule has 0 amide bonds. The molecule has 0 aliphatic rings. The lowest BCUT2D eigenvalue weighted by Gasteiger charge is -2.15. The van der Waals surface area contributed by atoms with E-state index in [9.17, 15) is 18.5 Å². The summed E-state index contributed by atoms with van der Waals surface area (Å²) in [5.74, 6) is -0.207. The highest BCUT2D eigenvalue weighted by molar-refractivity contribution is 7.89. The summed E-state index contributed by atoms with van der Waals surface area (Å²) in [6, 6.07) is 1.94. The van der Waals surface area contributed by atoms with Crippen molar-refractivity contribution in [3.63, 3.8) is 0 Å². The van der Waals surface area contributed by atoms with Gasteiger partial charge < -0.3 is 14.9 Å². The molecule has 0 fully saturated rings. The Balaban J connectivity index is 3.21. The van der Waals surface area contributed by atoms with Gasteiger partial charge in [0.05, 0.1) is 37.4 Å². The number of hydrogen-bond acceptors (Lipinski definition) is 7. The van der Waals surface area contributed by atoms with Crippen molar-refractivity contribution in [2.24, 2.45) is 0 Å². The molecule has 9 nitrogen and oxygen atoms in total. The maximum absolute atomic E-state index is 12.0. The summed E-state index contributed by atoms with van der Waals surface area (Å²) in [7, 11) is -2.91. The summed E-state index contributed by atoms with van der Waals surface area (Å²) < 4.78 is 31.0. The van der Waals surface area contributed by atoms with E-state index in [2.05, 4.69) is 4.72 Å². The Morgan fingerprint density at radius 2 is 2.00 bits per heavy atom. The topological polar surface area (TPSA) is 139 Å². The molecule has 3 N–H and O–H groups in total. The molecular weight excluding hydrogens is 292 g/mol. The van der Waals surface area contributed by atoms with E-state index in [-0.39, 0.29) is 16.3 Å². The first-order valence-corrected chi connectivity index (χ1v) is 6.90. The number of nitrogens with one attached hydrogen (secondary N) is 1.